The van der Waals surface area contributed by atoms with Crippen LogP contribution in [0.1, 0.15) is 11.6 Å². The molecule has 0 atom stereocenters. The summed E-state index contributed by atoms with van der Waals surface area (Å²) in [5.41, 5.74) is 2.24. The molecule has 4 nitrogen and oxygen atoms in total. The van der Waals surface area contributed by atoms with Crippen molar-refractivity contribution in [1.29, 1.82) is 0 Å². The molecule has 16 heavy (non-hydrogen) atoms. The van der Waals surface area contributed by atoms with Gasteiger partial charge in [0, 0.05) is 17.4 Å². The zero-order valence-electron chi connectivity index (χ0n) is 8.87. The van der Waals surface area contributed by atoms with Crippen molar-refractivity contribution in [3.63, 3.8) is 0 Å². The molecule has 0 aliphatic carbocycles. The summed E-state index contributed by atoms with van der Waals surface area (Å²) in [6, 6.07) is 6.20. The largest absolute Gasteiger partial charge is 0.383 e. The Bertz CT molecular complexity index is 547. The van der Waals surface area contributed by atoms with Crippen molar-refractivity contribution in [2.24, 2.45) is 0 Å². The average molecular weight is 279 g/mol. The molecule has 1 aromatic heterocycles. The molecule has 2 heterocycles. The first kappa shape index (κ1) is 9.84. The summed E-state index contributed by atoms with van der Waals surface area (Å²) in [4.78, 5) is 0. The van der Waals surface area contributed by atoms with Crippen LogP contribution in [0.2, 0.25) is 0 Å². The fraction of sp³-hybridized carbons (Fsp3) is 0.273. The third kappa shape index (κ3) is 1.43. The number of rotatable bonds is 0. The maximum atomic E-state index is 4.20. The molecule has 0 spiro atoms. The Morgan fingerprint density at radius 3 is 3.12 bits per heavy atom. The molecule has 1 aliphatic heterocycles. The first-order valence-electron chi connectivity index (χ1n) is 5.20. The van der Waals surface area contributed by atoms with Gasteiger partial charge in [0.2, 0.25) is 0 Å². The second-order valence-electron chi connectivity index (χ2n) is 3.84. The fourth-order valence-electron chi connectivity index (χ4n) is 2.04. The van der Waals surface area contributed by atoms with E-state index in [1.807, 2.05) is 13.0 Å². The van der Waals surface area contributed by atoms with Crippen LogP contribution in [-0.4, -0.2) is 21.3 Å². The van der Waals surface area contributed by atoms with E-state index in [9.17, 15) is 0 Å². The number of aromatic nitrogens is 3. The van der Waals surface area contributed by atoms with Crippen LogP contribution in [0.4, 0.5) is 5.69 Å². The smallest absolute Gasteiger partial charge is 0.139 e. The first-order valence-corrected chi connectivity index (χ1v) is 6.00. The molecule has 1 N–H and O–H groups in total. The Kier molecular flexibility index (Phi) is 2.21. The van der Waals surface area contributed by atoms with E-state index in [1.165, 1.54) is 0 Å². The van der Waals surface area contributed by atoms with Crippen molar-refractivity contribution >= 4 is 21.6 Å². The molecule has 0 radical (unpaired) electrons. The molecule has 0 amide bonds. The second kappa shape index (κ2) is 3.59. The lowest BCUT2D eigenvalue weighted by Gasteiger charge is -2.10. The first-order chi connectivity index (χ1) is 7.75. The van der Waals surface area contributed by atoms with Crippen LogP contribution in [-0.2, 0) is 6.42 Å². The second-order valence-corrected chi connectivity index (χ2v) is 4.75. The van der Waals surface area contributed by atoms with Gasteiger partial charge in [0.1, 0.15) is 11.6 Å². The summed E-state index contributed by atoms with van der Waals surface area (Å²) in [7, 11) is 0. The minimum atomic E-state index is 0.890. The summed E-state index contributed by atoms with van der Waals surface area (Å²) in [5, 5.41) is 11.7. The summed E-state index contributed by atoms with van der Waals surface area (Å²) >= 11 is 3.48. The zero-order valence-corrected chi connectivity index (χ0v) is 10.5. The number of fused-ring (bicyclic) bond motifs is 3. The predicted octanol–water partition coefficient (Wildman–Crippen LogP) is 2.31. The number of hydrogen-bond donors (Lipinski definition) is 1. The van der Waals surface area contributed by atoms with Crippen molar-refractivity contribution in [1.82, 2.24) is 14.8 Å². The highest BCUT2D eigenvalue weighted by Crippen LogP contribution is 2.28. The third-order valence-corrected chi connectivity index (χ3v) is 3.25. The van der Waals surface area contributed by atoms with Gasteiger partial charge >= 0.3 is 0 Å². The topological polar surface area (TPSA) is 42.7 Å². The maximum absolute atomic E-state index is 4.20. The highest BCUT2D eigenvalue weighted by atomic mass is 79.9. The lowest BCUT2D eigenvalue weighted by Crippen LogP contribution is -2.03. The van der Waals surface area contributed by atoms with Gasteiger partial charge in [0.15, 0.2) is 0 Å². The van der Waals surface area contributed by atoms with Crippen molar-refractivity contribution < 1.29 is 0 Å². The minimum Gasteiger partial charge on any atom is -0.383 e. The normalized spacial score (nSPS) is 13.6. The standard InChI is InChI=1S/C11H11BrN4/c1-7-14-15-11-4-5-13-9-6-8(12)2-3-10(9)16(7)11/h2-3,6,13H,4-5H2,1H3. The number of hydrogen-bond acceptors (Lipinski definition) is 3. The molecule has 2 aromatic rings. The van der Waals surface area contributed by atoms with Gasteiger partial charge in [-0.3, -0.25) is 4.57 Å². The lowest BCUT2D eigenvalue weighted by molar-refractivity contribution is 0.866. The van der Waals surface area contributed by atoms with E-state index < -0.39 is 0 Å². The summed E-state index contributed by atoms with van der Waals surface area (Å²) < 4.78 is 3.19. The van der Waals surface area contributed by atoms with Gasteiger partial charge in [-0.05, 0) is 25.1 Å². The van der Waals surface area contributed by atoms with E-state index in [0.717, 1.165) is 40.5 Å². The maximum Gasteiger partial charge on any atom is 0.139 e. The Balaban J connectivity index is 2.28. The Labute approximate surface area is 102 Å². The number of nitrogens with one attached hydrogen (secondary N) is 1. The molecule has 5 heteroatoms. The summed E-state index contributed by atoms with van der Waals surface area (Å²) in [5.74, 6) is 1.95. The van der Waals surface area contributed by atoms with E-state index in [4.69, 9.17) is 0 Å². The number of nitrogens with zero attached hydrogens (tertiary/aromatic N) is 3. The van der Waals surface area contributed by atoms with E-state index in [2.05, 4.69) is 48.1 Å². The fourth-order valence-corrected chi connectivity index (χ4v) is 2.40. The van der Waals surface area contributed by atoms with Crippen molar-refractivity contribution in [2.75, 3.05) is 11.9 Å². The molecular weight excluding hydrogens is 268 g/mol. The Morgan fingerprint density at radius 1 is 1.38 bits per heavy atom. The van der Waals surface area contributed by atoms with E-state index in [0.29, 0.717) is 0 Å². The number of halogens is 1. The molecule has 0 saturated heterocycles. The zero-order chi connectivity index (χ0) is 11.1. The van der Waals surface area contributed by atoms with Gasteiger partial charge in [-0.2, -0.15) is 0 Å². The molecule has 0 bridgehead atoms. The molecule has 1 aliphatic rings. The Hall–Kier alpha value is -1.36. The van der Waals surface area contributed by atoms with E-state index in [1.54, 1.807) is 0 Å². The molecule has 0 saturated carbocycles. The summed E-state index contributed by atoms with van der Waals surface area (Å²) in [6.45, 7) is 2.87. The molecular formula is C11H11BrN4. The predicted molar refractivity (Wildman–Crippen MR) is 66.0 cm³/mol. The van der Waals surface area contributed by atoms with Gasteiger partial charge in [0.25, 0.3) is 0 Å². The third-order valence-electron chi connectivity index (χ3n) is 2.76. The molecule has 0 unspecified atom stereocenters. The van der Waals surface area contributed by atoms with Crippen LogP contribution >= 0.6 is 15.9 Å². The SMILES string of the molecule is Cc1nnc2n1-c1ccc(Br)cc1NCC2. The van der Waals surface area contributed by atoms with E-state index >= 15 is 0 Å². The Morgan fingerprint density at radius 2 is 2.25 bits per heavy atom. The monoisotopic (exact) mass is 278 g/mol. The van der Waals surface area contributed by atoms with Gasteiger partial charge in [0.05, 0.1) is 11.4 Å². The number of benzene rings is 1. The van der Waals surface area contributed by atoms with Crippen LogP contribution in [0.5, 0.6) is 0 Å². The number of anilines is 1. The molecule has 1 aromatic carbocycles. The van der Waals surface area contributed by atoms with Crippen LogP contribution in [0.25, 0.3) is 5.69 Å². The van der Waals surface area contributed by atoms with Gasteiger partial charge < -0.3 is 5.32 Å². The average Bonchev–Trinajstić information content (AvgIpc) is 2.53. The highest BCUT2D eigenvalue weighted by molar-refractivity contribution is 9.10. The quantitative estimate of drug-likeness (QED) is 0.804. The van der Waals surface area contributed by atoms with E-state index in [-0.39, 0.29) is 0 Å². The van der Waals surface area contributed by atoms with Gasteiger partial charge in [-0.15, -0.1) is 10.2 Å². The van der Waals surface area contributed by atoms with Crippen LogP contribution < -0.4 is 5.32 Å². The molecule has 3 rings (SSSR count). The van der Waals surface area contributed by atoms with Crippen molar-refractivity contribution in [3.8, 4) is 5.69 Å². The lowest BCUT2D eigenvalue weighted by atomic mass is 10.2. The molecule has 0 fully saturated rings. The highest BCUT2D eigenvalue weighted by Gasteiger charge is 2.17. The van der Waals surface area contributed by atoms with Crippen LogP contribution in [0.15, 0.2) is 22.7 Å². The van der Waals surface area contributed by atoms with Crippen LogP contribution in [0.3, 0.4) is 0 Å². The van der Waals surface area contributed by atoms with Gasteiger partial charge in [-0.25, -0.2) is 0 Å². The minimum absolute atomic E-state index is 0.890. The molecule has 82 valence electrons. The van der Waals surface area contributed by atoms with Crippen LogP contribution in [0, 0.1) is 6.92 Å². The van der Waals surface area contributed by atoms with Crippen molar-refractivity contribution in [2.45, 2.75) is 13.3 Å². The number of aryl methyl sites for hydroxylation is 1. The van der Waals surface area contributed by atoms with Crippen molar-refractivity contribution in [3.05, 3.63) is 34.3 Å². The van der Waals surface area contributed by atoms with Gasteiger partial charge in [-0.1, -0.05) is 15.9 Å². The summed E-state index contributed by atoms with van der Waals surface area (Å²) in [6.07, 6.45) is 0.896.